The quantitative estimate of drug-likeness (QED) is 0.703. The van der Waals surface area contributed by atoms with Crippen molar-refractivity contribution in [2.75, 3.05) is 18.5 Å². The third-order valence-corrected chi connectivity index (χ3v) is 3.82. The minimum atomic E-state index is -0.209. The van der Waals surface area contributed by atoms with Crippen LogP contribution in [-0.4, -0.2) is 29.8 Å². The number of benzene rings is 1. The summed E-state index contributed by atoms with van der Waals surface area (Å²) in [5, 5.41) is 5.50. The van der Waals surface area contributed by atoms with Crippen molar-refractivity contribution in [3.05, 3.63) is 24.3 Å². The second-order valence-electron chi connectivity index (χ2n) is 4.39. The van der Waals surface area contributed by atoms with Crippen LogP contribution in [0, 0.1) is 0 Å². The van der Waals surface area contributed by atoms with Gasteiger partial charge in [-0.15, -0.1) is 0 Å². The molecule has 0 aliphatic heterocycles. The second kappa shape index (κ2) is 9.39. The molecule has 2 amide bonds. The number of halogens is 1. The summed E-state index contributed by atoms with van der Waals surface area (Å²) in [5.41, 5.74) is 0.641. The molecule has 0 saturated heterocycles. The summed E-state index contributed by atoms with van der Waals surface area (Å²) < 4.78 is 5.44. The zero-order valence-corrected chi connectivity index (χ0v) is 13.9. The van der Waals surface area contributed by atoms with Crippen molar-refractivity contribution in [2.45, 2.75) is 31.5 Å². The molecule has 0 aromatic heterocycles. The molecule has 0 heterocycles. The number of nitrogens with one attached hydrogen (secondary N) is 2. The van der Waals surface area contributed by atoms with Crippen LogP contribution in [0.3, 0.4) is 0 Å². The van der Waals surface area contributed by atoms with Gasteiger partial charge in [0.05, 0.1) is 17.1 Å². The standard InChI is InChI=1S/C15H21BrN2O3/c1-3-11(16)15(20)17-10-9-14(19)18-12-7-5-6-8-13(12)21-4-2/h5-8,11H,3-4,9-10H2,1-2H3,(H,17,20)(H,18,19)/t11-/m1/s1. The largest absolute Gasteiger partial charge is 0.492 e. The highest BCUT2D eigenvalue weighted by Gasteiger charge is 2.12. The van der Waals surface area contributed by atoms with E-state index in [2.05, 4.69) is 26.6 Å². The summed E-state index contributed by atoms with van der Waals surface area (Å²) in [5.74, 6) is 0.383. The maximum Gasteiger partial charge on any atom is 0.233 e. The van der Waals surface area contributed by atoms with Crippen molar-refractivity contribution in [1.29, 1.82) is 0 Å². The van der Waals surface area contributed by atoms with E-state index in [1.165, 1.54) is 0 Å². The molecule has 0 fully saturated rings. The first-order valence-electron chi connectivity index (χ1n) is 7.01. The fraction of sp³-hybridized carbons (Fsp3) is 0.467. The van der Waals surface area contributed by atoms with Crippen LogP contribution in [0.15, 0.2) is 24.3 Å². The Kier molecular flexibility index (Phi) is 7.82. The summed E-state index contributed by atoms with van der Waals surface area (Å²) in [6.45, 7) is 4.64. The summed E-state index contributed by atoms with van der Waals surface area (Å²) in [4.78, 5) is 23.2. The van der Waals surface area contributed by atoms with Crippen LogP contribution in [0.5, 0.6) is 5.75 Å². The molecule has 0 spiro atoms. The average molecular weight is 357 g/mol. The van der Waals surface area contributed by atoms with Gasteiger partial charge in [-0.05, 0) is 25.5 Å². The monoisotopic (exact) mass is 356 g/mol. The molecule has 1 aromatic carbocycles. The molecular weight excluding hydrogens is 336 g/mol. The number of rotatable bonds is 8. The Hall–Kier alpha value is -1.56. The summed E-state index contributed by atoms with van der Waals surface area (Å²) in [6, 6.07) is 7.27. The third kappa shape index (κ3) is 6.16. The van der Waals surface area contributed by atoms with E-state index < -0.39 is 0 Å². The molecule has 0 saturated carbocycles. The van der Waals surface area contributed by atoms with E-state index in [-0.39, 0.29) is 23.1 Å². The molecular formula is C15H21BrN2O3. The van der Waals surface area contributed by atoms with E-state index in [0.29, 0.717) is 31.0 Å². The van der Waals surface area contributed by atoms with Gasteiger partial charge in [0.2, 0.25) is 11.8 Å². The Bertz CT molecular complexity index is 480. The van der Waals surface area contributed by atoms with E-state index in [9.17, 15) is 9.59 Å². The van der Waals surface area contributed by atoms with E-state index in [1.54, 1.807) is 12.1 Å². The summed E-state index contributed by atoms with van der Waals surface area (Å²) >= 11 is 3.26. The lowest BCUT2D eigenvalue weighted by Crippen LogP contribution is -2.33. The lowest BCUT2D eigenvalue weighted by atomic mass is 10.2. The Labute approximate surface area is 133 Å². The van der Waals surface area contributed by atoms with Crippen LogP contribution in [-0.2, 0) is 9.59 Å². The SMILES string of the molecule is CCOc1ccccc1NC(=O)CCNC(=O)[C@H](Br)CC. The number of carbonyl (C=O) groups excluding carboxylic acids is 2. The third-order valence-electron chi connectivity index (χ3n) is 2.76. The van der Waals surface area contributed by atoms with Crippen molar-refractivity contribution >= 4 is 33.4 Å². The lowest BCUT2D eigenvalue weighted by Gasteiger charge is -2.12. The number of para-hydroxylation sites is 2. The Morgan fingerprint density at radius 3 is 2.67 bits per heavy atom. The Balaban J connectivity index is 2.42. The van der Waals surface area contributed by atoms with Crippen LogP contribution in [0.4, 0.5) is 5.69 Å². The fourth-order valence-electron chi connectivity index (χ4n) is 1.66. The summed E-state index contributed by atoms with van der Waals surface area (Å²) in [7, 11) is 0. The maximum absolute atomic E-state index is 11.9. The van der Waals surface area contributed by atoms with Crippen molar-refractivity contribution in [3.63, 3.8) is 0 Å². The van der Waals surface area contributed by atoms with Gasteiger partial charge < -0.3 is 15.4 Å². The van der Waals surface area contributed by atoms with Crippen LogP contribution in [0.1, 0.15) is 26.7 Å². The molecule has 0 aliphatic rings. The molecule has 2 N–H and O–H groups in total. The fourth-order valence-corrected chi connectivity index (χ4v) is 1.82. The number of hydrogen-bond acceptors (Lipinski definition) is 3. The molecule has 6 heteroatoms. The topological polar surface area (TPSA) is 67.4 Å². The van der Waals surface area contributed by atoms with Gasteiger partial charge in [-0.1, -0.05) is 35.0 Å². The van der Waals surface area contributed by atoms with Crippen molar-refractivity contribution in [1.82, 2.24) is 5.32 Å². The summed E-state index contributed by atoms with van der Waals surface area (Å²) in [6.07, 6.45) is 0.926. The molecule has 21 heavy (non-hydrogen) atoms. The van der Waals surface area contributed by atoms with Gasteiger partial charge in [0.15, 0.2) is 0 Å². The molecule has 1 aromatic rings. The molecule has 0 radical (unpaired) electrons. The number of anilines is 1. The molecule has 116 valence electrons. The van der Waals surface area contributed by atoms with Crippen LogP contribution in [0.2, 0.25) is 0 Å². The minimum Gasteiger partial charge on any atom is -0.492 e. The highest BCUT2D eigenvalue weighted by atomic mass is 79.9. The van der Waals surface area contributed by atoms with Gasteiger partial charge in [-0.2, -0.15) is 0 Å². The van der Waals surface area contributed by atoms with Crippen LogP contribution < -0.4 is 15.4 Å². The van der Waals surface area contributed by atoms with Crippen LogP contribution in [0.25, 0.3) is 0 Å². The first-order chi connectivity index (χ1) is 10.1. The first kappa shape index (κ1) is 17.5. The molecule has 0 unspecified atom stereocenters. The molecule has 0 aliphatic carbocycles. The van der Waals surface area contributed by atoms with Gasteiger partial charge in [0, 0.05) is 13.0 Å². The minimum absolute atomic E-state index is 0.0972. The molecule has 1 rings (SSSR count). The predicted molar refractivity (Wildman–Crippen MR) is 86.9 cm³/mol. The molecule has 0 bridgehead atoms. The maximum atomic E-state index is 11.9. The normalized spacial score (nSPS) is 11.6. The molecule has 1 atom stereocenters. The van der Waals surface area contributed by atoms with E-state index >= 15 is 0 Å². The van der Waals surface area contributed by atoms with E-state index in [4.69, 9.17) is 4.74 Å². The lowest BCUT2D eigenvalue weighted by molar-refractivity contribution is -0.120. The highest BCUT2D eigenvalue weighted by molar-refractivity contribution is 9.10. The van der Waals surface area contributed by atoms with Gasteiger partial charge in [0.25, 0.3) is 0 Å². The van der Waals surface area contributed by atoms with Gasteiger partial charge in [-0.3, -0.25) is 9.59 Å². The second-order valence-corrected chi connectivity index (χ2v) is 5.50. The highest BCUT2D eigenvalue weighted by Crippen LogP contribution is 2.23. The van der Waals surface area contributed by atoms with E-state index in [1.807, 2.05) is 26.0 Å². The van der Waals surface area contributed by atoms with Crippen molar-refractivity contribution < 1.29 is 14.3 Å². The predicted octanol–water partition coefficient (Wildman–Crippen LogP) is 2.70. The Morgan fingerprint density at radius 2 is 2.00 bits per heavy atom. The number of amides is 2. The van der Waals surface area contributed by atoms with Crippen molar-refractivity contribution in [2.24, 2.45) is 0 Å². The number of hydrogen-bond donors (Lipinski definition) is 2. The first-order valence-corrected chi connectivity index (χ1v) is 7.93. The van der Waals surface area contributed by atoms with Gasteiger partial charge in [-0.25, -0.2) is 0 Å². The zero-order chi connectivity index (χ0) is 15.7. The number of alkyl halides is 1. The molecule has 5 nitrogen and oxygen atoms in total. The number of ether oxygens (including phenoxy) is 1. The van der Waals surface area contributed by atoms with Gasteiger partial charge >= 0.3 is 0 Å². The van der Waals surface area contributed by atoms with Gasteiger partial charge in [0.1, 0.15) is 5.75 Å². The van der Waals surface area contributed by atoms with E-state index in [0.717, 1.165) is 0 Å². The zero-order valence-electron chi connectivity index (χ0n) is 12.3. The van der Waals surface area contributed by atoms with Crippen molar-refractivity contribution in [3.8, 4) is 5.75 Å². The smallest absolute Gasteiger partial charge is 0.233 e. The average Bonchev–Trinajstić information content (AvgIpc) is 2.48. The Morgan fingerprint density at radius 1 is 1.29 bits per heavy atom. The van der Waals surface area contributed by atoms with Crippen LogP contribution >= 0.6 is 15.9 Å². The number of carbonyl (C=O) groups is 2.